The largest absolute Gasteiger partial charge is 0.366 e. The van der Waals surface area contributed by atoms with Crippen LogP contribution >= 0.6 is 23.1 Å². The van der Waals surface area contributed by atoms with Crippen LogP contribution in [-0.2, 0) is 5.75 Å². The number of benzene rings is 1. The first-order chi connectivity index (χ1) is 11.9. The van der Waals surface area contributed by atoms with Gasteiger partial charge in [0.25, 0.3) is 0 Å². The minimum absolute atomic E-state index is 0.561. The molecule has 1 N–H and O–H groups in total. The highest BCUT2D eigenvalue weighted by molar-refractivity contribution is 7.98. The Hall–Kier alpha value is -1.59. The molecule has 0 aliphatic heterocycles. The van der Waals surface area contributed by atoms with Crippen LogP contribution in [0.4, 0.5) is 5.82 Å². The molecule has 1 aromatic carbocycles. The maximum absolute atomic E-state index is 4.83. The van der Waals surface area contributed by atoms with Crippen LogP contribution in [0.25, 0.3) is 10.2 Å². The normalized spacial score (nSPS) is 15.7. The Kier molecular flexibility index (Phi) is 4.99. The van der Waals surface area contributed by atoms with E-state index in [1.807, 2.05) is 6.07 Å². The molecule has 1 aliphatic rings. The average Bonchev–Trinajstić information content (AvgIpc) is 3.11. The number of rotatable bonds is 5. The van der Waals surface area contributed by atoms with Crippen molar-refractivity contribution in [3.8, 4) is 0 Å². The first-order valence-corrected chi connectivity index (χ1v) is 10.4. The molecule has 2 aromatic heterocycles. The first-order valence-electron chi connectivity index (χ1n) is 8.57. The Morgan fingerprint density at radius 1 is 1.04 bits per heavy atom. The number of thioether (sulfide) groups is 1. The number of aromatic nitrogens is 2. The molecular weight excluding hydrogens is 334 g/mol. The van der Waals surface area contributed by atoms with E-state index in [1.54, 1.807) is 23.1 Å². The highest BCUT2D eigenvalue weighted by Crippen LogP contribution is 2.31. The number of hydrogen-bond donors (Lipinski definition) is 1. The maximum atomic E-state index is 4.83. The van der Waals surface area contributed by atoms with Gasteiger partial charge in [0.05, 0.1) is 10.2 Å². The van der Waals surface area contributed by atoms with Crippen molar-refractivity contribution < 1.29 is 0 Å². The Morgan fingerprint density at radius 2 is 1.88 bits per heavy atom. The van der Waals surface area contributed by atoms with Gasteiger partial charge < -0.3 is 5.32 Å². The third-order valence-corrected chi connectivity index (χ3v) is 6.27. The fourth-order valence-corrected chi connectivity index (χ4v) is 4.76. The lowest BCUT2D eigenvalue weighted by atomic mass is 9.95. The van der Waals surface area contributed by atoms with E-state index < -0.39 is 0 Å². The van der Waals surface area contributed by atoms with Crippen LogP contribution in [-0.4, -0.2) is 16.0 Å². The van der Waals surface area contributed by atoms with Crippen LogP contribution in [0.5, 0.6) is 0 Å². The highest BCUT2D eigenvalue weighted by Gasteiger charge is 2.16. The summed E-state index contributed by atoms with van der Waals surface area (Å²) in [4.78, 5) is 9.56. The van der Waals surface area contributed by atoms with Gasteiger partial charge in [-0.05, 0) is 29.9 Å². The maximum Gasteiger partial charge on any atom is 0.190 e. The fraction of sp³-hybridized carbons (Fsp3) is 0.368. The quantitative estimate of drug-likeness (QED) is 0.468. The monoisotopic (exact) mass is 355 g/mol. The Balaban J connectivity index is 1.55. The van der Waals surface area contributed by atoms with Crippen molar-refractivity contribution in [1.29, 1.82) is 0 Å². The molecule has 1 aliphatic carbocycles. The minimum atomic E-state index is 0.561. The lowest BCUT2D eigenvalue weighted by molar-refractivity contribution is 0.462. The summed E-state index contributed by atoms with van der Waals surface area (Å²) in [5, 5.41) is 6.67. The summed E-state index contributed by atoms with van der Waals surface area (Å²) in [5.41, 5.74) is 2.36. The number of nitrogens with one attached hydrogen (secondary N) is 1. The van der Waals surface area contributed by atoms with Crippen molar-refractivity contribution in [2.24, 2.45) is 0 Å². The second-order valence-electron chi connectivity index (χ2n) is 6.24. The number of fused-ring (bicyclic) bond motifs is 1. The van der Waals surface area contributed by atoms with E-state index >= 15 is 0 Å². The van der Waals surface area contributed by atoms with Gasteiger partial charge in [-0.1, -0.05) is 61.4 Å². The van der Waals surface area contributed by atoms with Gasteiger partial charge in [0.1, 0.15) is 5.82 Å². The molecular formula is C19H21N3S2. The molecule has 3 aromatic rings. The molecule has 0 bridgehead atoms. The van der Waals surface area contributed by atoms with Crippen LogP contribution in [0.2, 0.25) is 0 Å². The molecule has 0 saturated heterocycles. The summed E-state index contributed by atoms with van der Waals surface area (Å²) < 4.78 is 1.18. The zero-order valence-corrected chi connectivity index (χ0v) is 15.2. The van der Waals surface area contributed by atoms with Crippen molar-refractivity contribution in [2.75, 3.05) is 5.32 Å². The molecule has 0 spiro atoms. The Labute approximate surface area is 150 Å². The molecule has 124 valence electrons. The van der Waals surface area contributed by atoms with Crippen LogP contribution in [0.3, 0.4) is 0 Å². The van der Waals surface area contributed by atoms with Crippen molar-refractivity contribution in [2.45, 2.75) is 49.1 Å². The lowest BCUT2D eigenvalue weighted by Crippen LogP contribution is -2.23. The molecule has 24 heavy (non-hydrogen) atoms. The zero-order chi connectivity index (χ0) is 16.2. The van der Waals surface area contributed by atoms with Crippen LogP contribution < -0.4 is 5.32 Å². The van der Waals surface area contributed by atoms with E-state index in [0.29, 0.717) is 6.04 Å². The number of hydrogen-bond acceptors (Lipinski definition) is 5. The van der Waals surface area contributed by atoms with Gasteiger partial charge in [0.2, 0.25) is 0 Å². The summed E-state index contributed by atoms with van der Waals surface area (Å²) in [6, 6.07) is 13.2. The molecule has 4 rings (SSSR count). The molecule has 0 atom stereocenters. The Bertz CT molecular complexity index is 795. The molecule has 0 amide bonds. The molecule has 0 unspecified atom stereocenters. The molecule has 1 saturated carbocycles. The molecule has 2 heterocycles. The lowest BCUT2D eigenvalue weighted by Gasteiger charge is -2.23. The number of anilines is 1. The highest BCUT2D eigenvalue weighted by atomic mass is 32.2. The summed E-state index contributed by atoms with van der Waals surface area (Å²) in [6.45, 7) is 0. The topological polar surface area (TPSA) is 37.8 Å². The summed E-state index contributed by atoms with van der Waals surface area (Å²) in [5.74, 6) is 1.93. The Morgan fingerprint density at radius 3 is 2.71 bits per heavy atom. The van der Waals surface area contributed by atoms with Gasteiger partial charge in [-0.2, -0.15) is 0 Å². The summed E-state index contributed by atoms with van der Waals surface area (Å²) >= 11 is 3.44. The van der Waals surface area contributed by atoms with Gasteiger partial charge in [0, 0.05) is 11.8 Å². The first kappa shape index (κ1) is 15.9. The van der Waals surface area contributed by atoms with E-state index in [-0.39, 0.29) is 0 Å². The SMILES string of the molecule is c1ccc(CSc2nc(NC3CCCCC3)c3sccc3n2)cc1. The van der Waals surface area contributed by atoms with Crippen LogP contribution in [0.1, 0.15) is 37.7 Å². The van der Waals surface area contributed by atoms with E-state index in [2.05, 4.69) is 41.0 Å². The standard InChI is InChI=1S/C19H21N3S2/c1-3-7-14(8-4-1)13-24-19-21-16-11-12-23-17(16)18(22-19)20-15-9-5-2-6-10-15/h1,3-4,7-8,11-12,15H,2,5-6,9-10,13H2,(H,20,21,22). The van der Waals surface area contributed by atoms with E-state index in [4.69, 9.17) is 9.97 Å². The molecule has 1 fully saturated rings. The van der Waals surface area contributed by atoms with Gasteiger partial charge >= 0.3 is 0 Å². The molecule has 0 radical (unpaired) electrons. The van der Waals surface area contributed by atoms with Crippen molar-refractivity contribution in [1.82, 2.24) is 9.97 Å². The van der Waals surface area contributed by atoms with Crippen molar-refractivity contribution in [3.05, 3.63) is 47.3 Å². The molecule has 5 heteroatoms. The second-order valence-corrected chi connectivity index (χ2v) is 8.10. The van der Waals surface area contributed by atoms with Gasteiger partial charge in [-0.15, -0.1) is 11.3 Å². The van der Waals surface area contributed by atoms with E-state index in [1.165, 1.54) is 42.4 Å². The molecule has 3 nitrogen and oxygen atoms in total. The predicted molar refractivity (Wildman–Crippen MR) is 104 cm³/mol. The third kappa shape index (κ3) is 3.73. The van der Waals surface area contributed by atoms with Crippen LogP contribution in [0, 0.1) is 0 Å². The summed E-state index contributed by atoms with van der Waals surface area (Å²) in [7, 11) is 0. The van der Waals surface area contributed by atoms with Gasteiger partial charge in [-0.3, -0.25) is 0 Å². The predicted octanol–water partition coefficient (Wildman–Crippen LogP) is 5.73. The fourth-order valence-electron chi connectivity index (χ4n) is 3.17. The van der Waals surface area contributed by atoms with Gasteiger partial charge in [0.15, 0.2) is 5.16 Å². The smallest absolute Gasteiger partial charge is 0.190 e. The number of nitrogens with zero attached hydrogens (tertiary/aromatic N) is 2. The van der Waals surface area contributed by atoms with E-state index in [0.717, 1.165) is 22.2 Å². The average molecular weight is 356 g/mol. The second kappa shape index (κ2) is 7.53. The van der Waals surface area contributed by atoms with Crippen molar-refractivity contribution in [3.63, 3.8) is 0 Å². The van der Waals surface area contributed by atoms with Gasteiger partial charge in [-0.25, -0.2) is 9.97 Å². The summed E-state index contributed by atoms with van der Waals surface area (Å²) in [6.07, 6.45) is 6.53. The zero-order valence-electron chi connectivity index (χ0n) is 13.6. The van der Waals surface area contributed by atoms with E-state index in [9.17, 15) is 0 Å². The minimum Gasteiger partial charge on any atom is -0.366 e. The number of thiophene rings is 1. The third-order valence-electron chi connectivity index (χ3n) is 4.44. The van der Waals surface area contributed by atoms with Crippen molar-refractivity contribution >= 4 is 39.1 Å². The van der Waals surface area contributed by atoms with Crippen LogP contribution in [0.15, 0.2) is 46.9 Å².